The van der Waals surface area contributed by atoms with Gasteiger partial charge in [-0.3, -0.25) is 4.79 Å². The molecule has 1 amide bonds. The van der Waals surface area contributed by atoms with E-state index >= 15 is 0 Å². The topological polar surface area (TPSA) is 127 Å². The molecule has 186 valence electrons. The van der Waals surface area contributed by atoms with Gasteiger partial charge in [0.15, 0.2) is 5.16 Å². The number of nitrogens with zero attached hydrogens (tertiary/aromatic N) is 2. The Morgan fingerprint density at radius 2 is 1.64 bits per heavy atom. The monoisotopic (exact) mass is 541 g/mol. The fourth-order valence-electron chi connectivity index (χ4n) is 3.42. The molecule has 11 heteroatoms. The Labute approximate surface area is 218 Å². The van der Waals surface area contributed by atoms with Crippen LogP contribution in [-0.2, 0) is 27.8 Å². The molecule has 4 rings (SSSR count). The highest BCUT2D eigenvalue weighted by atomic mass is 35.5. The van der Waals surface area contributed by atoms with Crippen LogP contribution in [0.1, 0.15) is 11.1 Å². The minimum atomic E-state index is -3.72. The van der Waals surface area contributed by atoms with E-state index in [1.54, 1.807) is 12.1 Å². The third-order valence-electron chi connectivity index (χ3n) is 5.28. The number of hydrogen-bond acceptors (Lipinski definition) is 7. The van der Waals surface area contributed by atoms with Crippen LogP contribution in [0.25, 0.3) is 10.9 Å². The smallest absolute Gasteiger partial charge is 0.238 e. The fraction of sp³-hybridized carbons (Fsp3) is 0.160. The molecule has 0 aliphatic heterocycles. The number of primary sulfonamides is 1. The number of aromatic nitrogens is 2. The average Bonchev–Trinajstić information content (AvgIpc) is 2.87. The molecule has 8 nitrogen and oxygen atoms in total. The molecule has 0 spiro atoms. The van der Waals surface area contributed by atoms with Crippen molar-refractivity contribution in [3.8, 4) is 0 Å². The second-order valence-electron chi connectivity index (χ2n) is 7.93. The zero-order valence-corrected chi connectivity index (χ0v) is 21.5. The highest BCUT2D eigenvalue weighted by Crippen LogP contribution is 2.25. The van der Waals surface area contributed by atoms with Crippen LogP contribution in [0.3, 0.4) is 0 Å². The zero-order chi connectivity index (χ0) is 25.5. The maximum absolute atomic E-state index is 12.4. The van der Waals surface area contributed by atoms with E-state index in [9.17, 15) is 13.2 Å². The number of sulfonamides is 1. The Morgan fingerprint density at radius 3 is 2.36 bits per heavy atom. The van der Waals surface area contributed by atoms with Crippen LogP contribution in [0.5, 0.6) is 0 Å². The first kappa shape index (κ1) is 25.9. The van der Waals surface area contributed by atoms with Gasteiger partial charge in [0, 0.05) is 23.5 Å². The Balaban J connectivity index is 1.33. The van der Waals surface area contributed by atoms with Crippen molar-refractivity contribution in [3.05, 3.63) is 88.9 Å². The van der Waals surface area contributed by atoms with Gasteiger partial charge in [0.25, 0.3) is 0 Å². The third kappa shape index (κ3) is 7.17. The summed E-state index contributed by atoms with van der Waals surface area (Å²) in [5.74, 6) is 0.717. The summed E-state index contributed by atoms with van der Waals surface area (Å²) in [6, 6.07) is 21.6. The largest absolute Gasteiger partial charge is 0.365 e. The minimum absolute atomic E-state index is 0.0593. The van der Waals surface area contributed by atoms with E-state index in [2.05, 4.69) is 20.6 Å². The summed E-state index contributed by atoms with van der Waals surface area (Å²) in [4.78, 5) is 21.7. The second-order valence-corrected chi connectivity index (χ2v) is 10.9. The molecule has 3 aromatic carbocycles. The summed E-state index contributed by atoms with van der Waals surface area (Å²) in [5, 5.41) is 13.4. The van der Waals surface area contributed by atoms with Crippen LogP contribution in [-0.4, -0.2) is 36.6 Å². The highest BCUT2D eigenvalue weighted by molar-refractivity contribution is 7.99. The molecule has 0 aliphatic carbocycles. The Bertz CT molecular complexity index is 1460. The van der Waals surface area contributed by atoms with Crippen molar-refractivity contribution < 1.29 is 13.2 Å². The van der Waals surface area contributed by atoms with Gasteiger partial charge >= 0.3 is 0 Å². The average molecular weight is 542 g/mol. The van der Waals surface area contributed by atoms with Gasteiger partial charge in [-0.25, -0.2) is 23.5 Å². The molecule has 4 aromatic rings. The molecule has 1 heterocycles. The Kier molecular flexibility index (Phi) is 8.42. The summed E-state index contributed by atoms with van der Waals surface area (Å²) in [6.07, 6.45) is 0.562. The van der Waals surface area contributed by atoms with E-state index in [1.165, 1.54) is 23.9 Å². The van der Waals surface area contributed by atoms with Crippen LogP contribution in [0, 0.1) is 0 Å². The van der Waals surface area contributed by atoms with Crippen molar-refractivity contribution in [1.29, 1.82) is 0 Å². The van der Waals surface area contributed by atoms with E-state index in [-0.39, 0.29) is 16.6 Å². The number of halogens is 1. The summed E-state index contributed by atoms with van der Waals surface area (Å²) >= 11 is 7.23. The van der Waals surface area contributed by atoms with E-state index in [0.29, 0.717) is 35.5 Å². The van der Waals surface area contributed by atoms with E-state index < -0.39 is 10.0 Å². The zero-order valence-electron chi connectivity index (χ0n) is 19.1. The van der Waals surface area contributed by atoms with Gasteiger partial charge in [-0.1, -0.05) is 59.8 Å². The van der Waals surface area contributed by atoms with Crippen LogP contribution in [0.2, 0.25) is 5.02 Å². The van der Waals surface area contributed by atoms with Gasteiger partial charge in [-0.05, 0) is 53.9 Å². The van der Waals surface area contributed by atoms with Crippen molar-refractivity contribution in [1.82, 2.24) is 15.3 Å². The number of benzene rings is 3. The molecule has 36 heavy (non-hydrogen) atoms. The van der Waals surface area contributed by atoms with Gasteiger partial charge in [0.05, 0.1) is 16.2 Å². The van der Waals surface area contributed by atoms with Gasteiger partial charge in [0.1, 0.15) is 5.82 Å². The maximum Gasteiger partial charge on any atom is 0.238 e. The first-order valence-corrected chi connectivity index (χ1v) is 14.0. The number of fused-ring (bicyclic) bond motifs is 1. The lowest BCUT2D eigenvalue weighted by Gasteiger charge is -2.11. The molecule has 0 saturated carbocycles. The summed E-state index contributed by atoms with van der Waals surface area (Å²) in [6.45, 7) is 0.988. The number of rotatable bonds is 10. The molecular formula is C25H24ClN5O3S2. The lowest BCUT2D eigenvalue weighted by molar-refractivity contribution is -0.118. The van der Waals surface area contributed by atoms with E-state index in [0.717, 1.165) is 22.0 Å². The number of nitrogens with two attached hydrogens (primary N) is 1. The predicted molar refractivity (Wildman–Crippen MR) is 144 cm³/mol. The standard InChI is InChI=1S/C25H24ClN5O3S2/c26-19-9-5-18(6-10-19)15-29-24-21-3-1-2-4-22(21)30-25(31-24)35-16-23(32)28-14-13-17-7-11-20(12-8-17)36(27,33)34/h1-12H,13-16H2,(H,28,32)(H2,27,33,34)(H,29,30,31). The molecule has 0 atom stereocenters. The molecule has 0 unspecified atom stereocenters. The highest BCUT2D eigenvalue weighted by Gasteiger charge is 2.11. The Hall–Kier alpha value is -3.18. The number of carbonyl (C=O) groups is 1. The lowest BCUT2D eigenvalue weighted by Crippen LogP contribution is -2.27. The number of nitrogens with one attached hydrogen (secondary N) is 2. The minimum Gasteiger partial charge on any atom is -0.365 e. The van der Waals surface area contributed by atoms with Crippen LogP contribution in [0.15, 0.2) is 82.8 Å². The molecule has 0 bridgehead atoms. The quantitative estimate of drug-likeness (QED) is 0.204. The van der Waals surface area contributed by atoms with Crippen LogP contribution in [0.4, 0.5) is 5.82 Å². The summed E-state index contributed by atoms with van der Waals surface area (Å²) in [5.41, 5.74) is 2.75. The third-order valence-corrected chi connectivity index (χ3v) is 7.30. The fourth-order valence-corrected chi connectivity index (χ4v) is 4.74. The number of hydrogen-bond donors (Lipinski definition) is 3. The molecule has 0 fully saturated rings. The van der Waals surface area contributed by atoms with Gasteiger partial charge in [-0.2, -0.15) is 0 Å². The normalized spacial score (nSPS) is 11.4. The first-order valence-electron chi connectivity index (χ1n) is 11.0. The molecular weight excluding hydrogens is 518 g/mol. The van der Waals surface area contributed by atoms with Gasteiger partial charge in [-0.15, -0.1) is 0 Å². The van der Waals surface area contributed by atoms with Crippen molar-refractivity contribution in [2.45, 2.75) is 23.0 Å². The summed E-state index contributed by atoms with van der Waals surface area (Å²) in [7, 11) is -3.72. The molecule has 0 radical (unpaired) electrons. The second kappa shape index (κ2) is 11.7. The predicted octanol–water partition coefficient (Wildman–Crippen LogP) is 3.99. The van der Waals surface area contributed by atoms with Crippen molar-refractivity contribution in [3.63, 3.8) is 0 Å². The molecule has 1 aromatic heterocycles. The number of carbonyl (C=O) groups excluding carboxylic acids is 1. The number of para-hydroxylation sites is 1. The molecule has 0 saturated heterocycles. The van der Waals surface area contributed by atoms with E-state index in [4.69, 9.17) is 16.7 Å². The lowest BCUT2D eigenvalue weighted by atomic mass is 10.1. The number of amides is 1. The first-order chi connectivity index (χ1) is 17.3. The number of thioether (sulfide) groups is 1. The van der Waals surface area contributed by atoms with Gasteiger partial charge in [0.2, 0.25) is 15.9 Å². The SMILES string of the molecule is NS(=O)(=O)c1ccc(CCNC(=O)CSc2nc(NCc3ccc(Cl)cc3)c3ccccc3n2)cc1. The maximum atomic E-state index is 12.4. The molecule has 0 aliphatic rings. The van der Waals surface area contributed by atoms with Gasteiger partial charge < -0.3 is 10.6 Å². The summed E-state index contributed by atoms with van der Waals surface area (Å²) < 4.78 is 22.7. The van der Waals surface area contributed by atoms with Crippen LogP contribution >= 0.6 is 23.4 Å². The van der Waals surface area contributed by atoms with Crippen molar-refractivity contribution in [2.75, 3.05) is 17.6 Å². The van der Waals surface area contributed by atoms with Crippen molar-refractivity contribution in [2.24, 2.45) is 5.14 Å². The molecule has 4 N–H and O–H groups in total. The Morgan fingerprint density at radius 1 is 0.944 bits per heavy atom. The van der Waals surface area contributed by atoms with Crippen LogP contribution < -0.4 is 15.8 Å². The van der Waals surface area contributed by atoms with Crippen molar-refractivity contribution >= 4 is 56.0 Å². The van der Waals surface area contributed by atoms with E-state index in [1.807, 2.05) is 48.5 Å². The number of anilines is 1.